The molecule has 0 bridgehead atoms. The highest BCUT2D eigenvalue weighted by Crippen LogP contribution is 2.22. The number of sulfone groups is 1. The van der Waals surface area contributed by atoms with Gasteiger partial charge in [0.05, 0.1) is 23.8 Å². The third-order valence-electron chi connectivity index (χ3n) is 4.56. The minimum atomic E-state index is -3.36. The fourth-order valence-electron chi connectivity index (χ4n) is 3.12. The SMILES string of the molecule is COc1cccc(S(=O)(=O)CCN2CCNCC2c2nccn2C)c1. The number of hydrogen-bond acceptors (Lipinski definition) is 6. The molecule has 1 unspecified atom stereocenters. The molecule has 0 aliphatic carbocycles. The summed E-state index contributed by atoms with van der Waals surface area (Å²) in [6.07, 6.45) is 3.68. The number of methoxy groups -OCH3 is 1. The summed E-state index contributed by atoms with van der Waals surface area (Å²) in [6, 6.07) is 6.71. The van der Waals surface area contributed by atoms with Crippen LogP contribution in [0.3, 0.4) is 0 Å². The van der Waals surface area contributed by atoms with Gasteiger partial charge in [0.15, 0.2) is 9.84 Å². The van der Waals surface area contributed by atoms with E-state index in [1.807, 2.05) is 17.8 Å². The lowest BCUT2D eigenvalue weighted by atomic mass is 10.2. The van der Waals surface area contributed by atoms with Crippen molar-refractivity contribution in [2.75, 3.05) is 39.0 Å². The van der Waals surface area contributed by atoms with Crippen LogP contribution in [0.2, 0.25) is 0 Å². The van der Waals surface area contributed by atoms with Crippen molar-refractivity contribution in [3.8, 4) is 5.75 Å². The van der Waals surface area contributed by atoms with Crippen molar-refractivity contribution in [3.63, 3.8) is 0 Å². The van der Waals surface area contributed by atoms with Gasteiger partial charge in [-0.05, 0) is 18.2 Å². The molecule has 7 nitrogen and oxygen atoms in total. The van der Waals surface area contributed by atoms with Gasteiger partial charge in [-0.3, -0.25) is 4.90 Å². The van der Waals surface area contributed by atoms with Crippen molar-refractivity contribution < 1.29 is 13.2 Å². The van der Waals surface area contributed by atoms with E-state index in [4.69, 9.17) is 4.74 Å². The third kappa shape index (κ3) is 4.02. The molecule has 1 aromatic carbocycles. The number of aryl methyl sites for hydroxylation is 1. The van der Waals surface area contributed by atoms with Crippen LogP contribution in [0.5, 0.6) is 5.75 Å². The number of ether oxygens (including phenoxy) is 1. The topological polar surface area (TPSA) is 76.5 Å². The molecule has 3 rings (SSSR count). The molecule has 2 aromatic rings. The van der Waals surface area contributed by atoms with E-state index in [0.29, 0.717) is 17.2 Å². The van der Waals surface area contributed by atoms with E-state index < -0.39 is 9.84 Å². The molecule has 1 aliphatic rings. The predicted octanol–water partition coefficient (Wildman–Crippen LogP) is 0.849. The third-order valence-corrected chi connectivity index (χ3v) is 6.25. The van der Waals surface area contributed by atoms with Gasteiger partial charge in [-0.25, -0.2) is 13.4 Å². The van der Waals surface area contributed by atoms with Gasteiger partial charge >= 0.3 is 0 Å². The van der Waals surface area contributed by atoms with Gasteiger partial charge in [0.2, 0.25) is 0 Å². The highest BCUT2D eigenvalue weighted by atomic mass is 32.2. The zero-order chi connectivity index (χ0) is 17.9. The molecule has 136 valence electrons. The number of imidazole rings is 1. The Hall–Kier alpha value is -1.90. The summed E-state index contributed by atoms with van der Waals surface area (Å²) in [6.45, 7) is 2.88. The van der Waals surface area contributed by atoms with Crippen molar-refractivity contribution in [2.45, 2.75) is 10.9 Å². The van der Waals surface area contributed by atoms with Crippen molar-refractivity contribution in [1.29, 1.82) is 0 Å². The number of piperazine rings is 1. The van der Waals surface area contributed by atoms with Crippen LogP contribution in [0.4, 0.5) is 0 Å². The molecule has 8 heteroatoms. The van der Waals surface area contributed by atoms with Crippen molar-refractivity contribution >= 4 is 9.84 Å². The van der Waals surface area contributed by atoms with Crippen LogP contribution in [0.15, 0.2) is 41.6 Å². The van der Waals surface area contributed by atoms with E-state index in [1.165, 1.54) is 7.11 Å². The molecule has 0 amide bonds. The lowest BCUT2D eigenvalue weighted by Gasteiger charge is -2.35. The maximum Gasteiger partial charge on any atom is 0.179 e. The number of benzene rings is 1. The first-order valence-electron chi connectivity index (χ1n) is 8.30. The second-order valence-corrected chi connectivity index (χ2v) is 8.26. The summed E-state index contributed by atoms with van der Waals surface area (Å²) in [5.41, 5.74) is 0. The quantitative estimate of drug-likeness (QED) is 0.819. The first-order chi connectivity index (χ1) is 12.0. The Morgan fingerprint density at radius 3 is 2.96 bits per heavy atom. The lowest BCUT2D eigenvalue weighted by Crippen LogP contribution is -2.48. The Balaban J connectivity index is 1.73. The Bertz CT molecular complexity index is 819. The number of rotatable bonds is 6. The summed E-state index contributed by atoms with van der Waals surface area (Å²) >= 11 is 0. The van der Waals surface area contributed by atoms with Crippen LogP contribution in [0, 0.1) is 0 Å². The van der Waals surface area contributed by atoms with Crippen LogP contribution in [0.25, 0.3) is 0 Å². The van der Waals surface area contributed by atoms with Gasteiger partial charge in [0, 0.05) is 45.6 Å². The standard InChI is InChI=1S/C17H24N4O3S/c1-20-8-7-19-17(20)16-13-18-6-9-21(16)10-11-25(22,23)15-5-3-4-14(12-15)24-2/h3-5,7-8,12,16,18H,6,9-11,13H2,1-2H3. The highest BCUT2D eigenvalue weighted by Gasteiger charge is 2.28. The zero-order valence-corrected chi connectivity index (χ0v) is 15.4. The average molecular weight is 364 g/mol. The Morgan fingerprint density at radius 1 is 1.40 bits per heavy atom. The molecule has 1 aromatic heterocycles. The highest BCUT2D eigenvalue weighted by molar-refractivity contribution is 7.91. The van der Waals surface area contributed by atoms with Gasteiger partial charge in [0.1, 0.15) is 11.6 Å². The maximum absolute atomic E-state index is 12.7. The molecule has 25 heavy (non-hydrogen) atoms. The molecule has 0 spiro atoms. The monoisotopic (exact) mass is 364 g/mol. The van der Waals surface area contributed by atoms with E-state index in [1.54, 1.807) is 30.5 Å². The minimum Gasteiger partial charge on any atom is -0.497 e. The van der Waals surface area contributed by atoms with Crippen molar-refractivity contribution in [2.24, 2.45) is 7.05 Å². The molecule has 1 saturated heterocycles. The fraction of sp³-hybridized carbons (Fsp3) is 0.471. The van der Waals surface area contributed by atoms with E-state index >= 15 is 0 Å². The second-order valence-electron chi connectivity index (χ2n) is 6.15. The number of nitrogens with zero attached hydrogens (tertiary/aromatic N) is 3. The molecule has 1 aliphatic heterocycles. The fourth-order valence-corrected chi connectivity index (χ4v) is 4.41. The first-order valence-corrected chi connectivity index (χ1v) is 9.95. The van der Waals surface area contributed by atoms with Crippen LogP contribution in [-0.2, 0) is 16.9 Å². The molecule has 1 N–H and O–H groups in total. The summed E-state index contributed by atoms with van der Waals surface area (Å²) in [4.78, 5) is 6.92. The van der Waals surface area contributed by atoms with E-state index in [2.05, 4.69) is 15.2 Å². The molecular formula is C17H24N4O3S. The average Bonchev–Trinajstić information content (AvgIpc) is 3.06. The van der Waals surface area contributed by atoms with Gasteiger partial charge in [-0.1, -0.05) is 6.07 Å². The Labute approximate surface area is 148 Å². The number of aromatic nitrogens is 2. The van der Waals surface area contributed by atoms with Crippen LogP contribution in [-0.4, -0.2) is 61.9 Å². The van der Waals surface area contributed by atoms with Gasteiger partial charge in [-0.2, -0.15) is 0 Å². The van der Waals surface area contributed by atoms with Gasteiger partial charge in [-0.15, -0.1) is 0 Å². The smallest absolute Gasteiger partial charge is 0.179 e. The number of hydrogen-bond donors (Lipinski definition) is 1. The molecule has 1 atom stereocenters. The van der Waals surface area contributed by atoms with E-state index in [0.717, 1.165) is 25.5 Å². The van der Waals surface area contributed by atoms with E-state index in [-0.39, 0.29) is 11.8 Å². The summed E-state index contributed by atoms with van der Waals surface area (Å²) in [7, 11) is 0.128. The van der Waals surface area contributed by atoms with Crippen molar-refractivity contribution in [1.82, 2.24) is 19.8 Å². The molecule has 1 fully saturated rings. The van der Waals surface area contributed by atoms with Gasteiger partial charge < -0.3 is 14.6 Å². The molecule has 0 radical (unpaired) electrons. The first kappa shape index (κ1) is 17.9. The summed E-state index contributed by atoms with van der Waals surface area (Å²) < 4.78 is 32.5. The summed E-state index contributed by atoms with van der Waals surface area (Å²) in [5, 5.41) is 3.36. The van der Waals surface area contributed by atoms with Crippen LogP contribution >= 0.6 is 0 Å². The lowest BCUT2D eigenvalue weighted by molar-refractivity contribution is 0.162. The number of nitrogens with one attached hydrogen (secondary N) is 1. The predicted molar refractivity (Wildman–Crippen MR) is 95.4 cm³/mol. The Morgan fingerprint density at radius 2 is 2.24 bits per heavy atom. The van der Waals surface area contributed by atoms with Crippen LogP contribution in [0.1, 0.15) is 11.9 Å². The summed E-state index contributed by atoms with van der Waals surface area (Å²) in [5.74, 6) is 1.57. The Kier molecular flexibility index (Phi) is 5.41. The zero-order valence-electron chi connectivity index (χ0n) is 14.6. The minimum absolute atomic E-state index is 0.0705. The van der Waals surface area contributed by atoms with Crippen LogP contribution < -0.4 is 10.1 Å². The molecular weight excluding hydrogens is 340 g/mol. The molecule has 2 heterocycles. The van der Waals surface area contributed by atoms with E-state index in [9.17, 15) is 8.42 Å². The van der Waals surface area contributed by atoms with Gasteiger partial charge in [0.25, 0.3) is 0 Å². The van der Waals surface area contributed by atoms with Crippen molar-refractivity contribution in [3.05, 3.63) is 42.5 Å². The largest absolute Gasteiger partial charge is 0.497 e. The molecule has 0 saturated carbocycles. The maximum atomic E-state index is 12.7. The normalized spacial score (nSPS) is 19.0. The second kappa shape index (κ2) is 7.55.